The fourth-order valence-corrected chi connectivity index (χ4v) is 2.01. The van der Waals surface area contributed by atoms with Gasteiger partial charge >= 0.3 is 0 Å². The van der Waals surface area contributed by atoms with Crippen LogP contribution in [0, 0.1) is 0 Å². The van der Waals surface area contributed by atoms with Crippen molar-refractivity contribution in [2.75, 3.05) is 20.2 Å². The van der Waals surface area contributed by atoms with Crippen molar-refractivity contribution in [1.82, 2.24) is 10.6 Å². The first-order valence-electron chi connectivity index (χ1n) is 7.40. The van der Waals surface area contributed by atoms with Gasteiger partial charge < -0.3 is 19.8 Å². The number of hydrogen-bond acceptors (Lipinski definition) is 4. The Kier molecular flexibility index (Phi) is 6.23. The first-order valence-corrected chi connectivity index (χ1v) is 7.40. The zero-order valence-corrected chi connectivity index (χ0v) is 13.0. The smallest absolute Gasteiger partial charge is 0.287 e. The molecular formula is C17H20N2O4. The largest absolute Gasteiger partial charge is 0.497 e. The molecule has 0 atom stereocenters. The first-order chi connectivity index (χ1) is 11.2. The number of hydrogen-bond donors (Lipinski definition) is 2. The number of rotatable bonds is 8. The minimum absolute atomic E-state index is 0.0481. The summed E-state index contributed by atoms with van der Waals surface area (Å²) in [6.45, 7) is 0.738. The van der Waals surface area contributed by atoms with E-state index in [2.05, 4.69) is 10.6 Å². The lowest BCUT2D eigenvalue weighted by atomic mass is 10.1. The second-order valence-corrected chi connectivity index (χ2v) is 4.93. The predicted octanol–water partition coefficient (Wildman–Crippen LogP) is 1.77. The highest BCUT2D eigenvalue weighted by Crippen LogP contribution is 2.12. The Balaban J connectivity index is 1.60. The molecule has 0 radical (unpaired) electrons. The van der Waals surface area contributed by atoms with Gasteiger partial charge in [-0.15, -0.1) is 0 Å². The van der Waals surface area contributed by atoms with Crippen molar-refractivity contribution in [3.05, 3.63) is 54.0 Å². The molecule has 0 bridgehead atoms. The molecule has 0 spiro atoms. The van der Waals surface area contributed by atoms with Crippen LogP contribution in [-0.4, -0.2) is 32.0 Å². The zero-order chi connectivity index (χ0) is 16.5. The van der Waals surface area contributed by atoms with E-state index in [0.717, 1.165) is 11.3 Å². The lowest BCUT2D eigenvalue weighted by Gasteiger charge is -2.07. The molecule has 122 valence electrons. The molecule has 0 aliphatic carbocycles. The summed E-state index contributed by atoms with van der Waals surface area (Å²) in [5.41, 5.74) is 1.08. The SMILES string of the molecule is COc1ccc(CCC(=O)NCCNC(=O)c2ccco2)cc1. The van der Waals surface area contributed by atoms with Crippen LogP contribution in [0.1, 0.15) is 22.5 Å². The van der Waals surface area contributed by atoms with E-state index in [9.17, 15) is 9.59 Å². The van der Waals surface area contributed by atoms with Crippen molar-refractivity contribution in [3.8, 4) is 5.75 Å². The van der Waals surface area contributed by atoms with E-state index in [1.165, 1.54) is 6.26 Å². The Hall–Kier alpha value is -2.76. The Labute approximate surface area is 134 Å². The number of ether oxygens (including phenoxy) is 1. The quantitative estimate of drug-likeness (QED) is 0.727. The van der Waals surface area contributed by atoms with Gasteiger partial charge in [0.2, 0.25) is 5.91 Å². The number of carbonyl (C=O) groups excluding carboxylic acids is 2. The molecule has 0 saturated carbocycles. The van der Waals surface area contributed by atoms with E-state index in [-0.39, 0.29) is 17.6 Å². The Morgan fingerprint density at radius 3 is 2.48 bits per heavy atom. The van der Waals surface area contributed by atoms with E-state index in [1.807, 2.05) is 24.3 Å². The summed E-state index contributed by atoms with van der Waals surface area (Å²) in [6, 6.07) is 10.9. The van der Waals surface area contributed by atoms with Crippen LogP contribution in [0.5, 0.6) is 5.75 Å². The lowest BCUT2D eigenvalue weighted by Crippen LogP contribution is -2.34. The molecule has 0 unspecified atom stereocenters. The second kappa shape index (κ2) is 8.63. The molecule has 0 aliphatic heterocycles. The maximum atomic E-state index is 11.7. The van der Waals surface area contributed by atoms with E-state index in [4.69, 9.17) is 9.15 Å². The van der Waals surface area contributed by atoms with Crippen LogP contribution in [0.2, 0.25) is 0 Å². The molecule has 6 heteroatoms. The average Bonchev–Trinajstić information content (AvgIpc) is 3.12. The number of aryl methyl sites for hydroxylation is 1. The van der Waals surface area contributed by atoms with E-state index < -0.39 is 0 Å². The molecular weight excluding hydrogens is 296 g/mol. The molecule has 1 aromatic carbocycles. The number of benzene rings is 1. The molecule has 1 aromatic heterocycles. The molecule has 0 saturated heterocycles. The van der Waals surface area contributed by atoms with Gasteiger partial charge in [-0.05, 0) is 36.2 Å². The van der Waals surface area contributed by atoms with Gasteiger partial charge in [0.05, 0.1) is 13.4 Å². The van der Waals surface area contributed by atoms with Gasteiger partial charge in [0.1, 0.15) is 5.75 Å². The van der Waals surface area contributed by atoms with Crippen molar-refractivity contribution in [1.29, 1.82) is 0 Å². The highest BCUT2D eigenvalue weighted by Gasteiger charge is 2.07. The summed E-state index contributed by atoms with van der Waals surface area (Å²) in [7, 11) is 1.62. The third kappa shape index (κ3) is 5.50. The molecule has 2 amide bonds. The number of carbonyl (C=O) groups is 2. The van der Waals surface area contributed by atoms with Gasteiger partial charge in [-0.3, -0.25) is 9.59 Å². The van der Waals surface area contributed by atoms with Crippen LogP contribution < -0.4 is 15.4 Å². The fraction of sp³-hybridized carbons (Fsp3) is 0.294. The van der Waals surface area contributed by atoms with Crippen LogP contribution in [0.4, 0.5) is 0 Å². The topological polar surface area (TPSA) is 80.6 Å². The Morgan fingerprint density at radius 1 is 1.09 bits per heavy atom. The minimum Gasteiger partial charge on any atom is -0.497 e. The van der Waals surface area contributed by atoms with Crippen molar-refractivity contribution in [3.63, 3.8) is 0 Å². The highest BCUT2D eigenvalue weighted by molar-refractivity contribution is 5.91. The average molecular weight is 316 g/mol. The van der Waals surface area contributed by atoms with Gasteiger partial charge in [-0.1, -0.05) is 12.1 Å². The molecule has 0 fully saturated rings. The predicted molar refractivity (Wildman–Crippen MR) is 85.4 cm³/mol. The summed E-state index contributed by atoms with van der Waals surface area (Å²) >= 11 is 0. The van der Waals surface area contributed by atoms with Gasteiger partial charge in [0.25, 0.3) is 5.91 Å². The van der Waals surface area contributed by atoms with E-state index >= 15 is 0 Å². The van der Waals surface area contributed by atoms with Crippen LogP contribution in [0.15, 0.2) is 47.1 Å². The monoisotopic (exact) mass is 316 g/mol. The number of furan rings is 1. The van der Waals surface area contributed by atoms with Crippen LogP contribution >= 0.6 is 0 Å². The van der Waals surface area contributed by atoms with Crippen molar-refractivity contribution < 1.29 is 18.7 Å². The molecule has 2 N–H and O–H groups in total. The third-order valence-electron chi connectivity index (χ3n) is 3.28. The number of amides is 2. The molecule has 1 heterocycles. The molecule has 6 nitrogen and oxygen atoms in total. The standard InChI is InChI=1S/C17H20N2O4/c1-22-14-7-4-13(5-8-14)6-9-16(20)18-10-11-19-17(21)15-3-2-12-23-15/h2-5,7-8,12H,6,9-11H2,1H3,(H,18,20)(H,19,21). The minimum atomic E-state index is -0.289. The summed E-state index contributed by atoms with van der Waals surface area (Å²) in [5, 5.41) is 5.43. The maximum absolute atomic E-state index is 11.7. The van der Waals surface area contributed by atoms with Crippen LogP contribution in [0.3, 0.4) is 0 Å². The van der Waals surface area contributed by atoms with Crippen LogP contribution in [0.25, 0.3) is 0 Å². The summed E-state index contributed by atoms with van der Waals surface area (Å²) < 4.78 is 10.1. The lowest BCUT2D eigenvalue weighted by molar-refractivity contribution is -0.121. The molecule has 2 aromatic rings. The maximum Gasteiger partial charge on any atom is 0.287 e. The zero-order valence-electron chi connectivity index (χ0n) is 13.0. The van der Waals surface area contributed by atoms with E-state index in [0.29, 0.717) is 25.9 Å². The normalized spacial score (nSPS) is 10.1. The molecule has 23 heavy (non-hydrogen) atoms. The Morgan fingerprint density at radius 2 is 1.83 bits per heavy atom. The van der Waals surface area contributed by atoms with E-state index in [1.54, 1.807) is 19.2 Å². The van der Waals surface area contributed by atoms with Gasteiger partial charge in [-0.25, -0.2) is 0 Å². The summed E-state index contributed by atoms with van der Waals surface area (Å²) in [5.74, 6) is 0.719. The molecule has 2 rings (SSSR count). The van der Waals surface area contributed by atoms with Crippen LogP contribution in [-0.2, 0) is 11.2 Å². The van der Waals surface area contributed by atoms with Crippen molar-refractivity contribution in [2.24, 2.45) is 0 Å². The Bertz CT molecular complexity index is 621. The van der Waals surface area contributed by atoms with Gasteiger partial charge in [0.15, 0.2) is 5.76 Å². The van der Waals surface area contributed by atoms with Gasteiger partial charge in [-0.2, -0.15) is 0 Å². The first kappa shape index (κ1) is 16.6. The summed E-state index contributed by atoms with van der Waals surface area (Å²) in [4.78, 5) is 23.3. The number of nitrogens with one attached hydrogen (secondary N) is 2. The second-order valence-electron chi connectivity index (χ2n) is 4.93. The van der Waals surface area contributed by atoms with Crippen molar-refractivity contribution in [2.45, 2.75) is 12.8 Å². The van der Waals surface area contributed by atoms with Gasteiger partial charge in [0, 0.05) is 19.5 Å². The summed E-state index contributed by atoms with van der Waals surface area (Å²) in [6.07, 6.45) is 2.50. The number of methoxy groups -OCH3 is 1. The molecule has 0 aliphatic rings. The highest BCUT2D eigenvalue weighted by atomic mass is 16.5. The van der Waals surface area contributed by atoms with Crippen molar-refractivity contribution >= 4 is 11.8 Å². The fourth-order valence-electron chi connectivity index (χ4n) is 2.01. The third-order valence-corrected chi connectivity index (χ3v) is 3.28.